The number of carbonyl (C=O) groups excluding carboxylic acids is 1. The van der Waals surface area contributed by atoms with Gasteiger partial charge in [0.1, 0.15) is 0 Å². The van der Waals surface area contributed by atoms with Crippen molar-refractivity contribution >= 4 is 32.1 Å². The lowest BCUT2D eigenvalue weighted by Gasteiger charge is -2.23. The van der Waals surface area contributed by atoms with Gasteiger partial charge in [-0.2, -0.15) is 0 Å². The molecule has 0 saturated carbocycles. The Morgan fingerprint density at radius 1 is 1.00 bits per heavy atom. The minimum absolute atomic E-state index is 0.417. The van der Waals surface area contributed by atoms with E-state index in [2.05, 4.69) is 26.2 Å². The van der Waals surface area contributed by atoms with Gasteiger partial charge >= 0.3 is 5.97 Å². The molecule has 0 rings (SSSR count). The zero-order valence-electron chi connectivity index (χ0n) is 12.8. The standard InChI is InChI=1S/C11H26O4Si3/c1-9(10(12)13-15-18(6,7)8)11(16-2)14-17(3,4)5/h16H2,1-8H3. The van der Waals surface area contributed by atoms with Gasteiger partial charge in [-0.15, -0.1) is 0 Å². The minimum atomic E-state index is -1.84. The highest BCUT2D eigenvalue weighted by atomic mass is 28.4. The second-order valence-corrected chi connectivity index (χ2v) is 16.4. The molecule has 0 bridgehead atoms. The molecule has 0 radical (unpaired) electrons. The first kappa shape index (κ1) is 17.6. The Morgan fingerprint density at radius 3 is 1.83 bits per heavy atom. The first-order chi connectivity index (χ1) is 7.96. The van der Waals surface area contributed by atoms with Crippen LogP contribution in [-0.4, -0.2) is 32.1 Å². The van der Waals surface area contributed by atoms with Crippen molar-refractivity contribution in [3.63, 3.8) is 0 Å². The summed E-state index contributed by atoms with van der Waals surface area (Å²) in [5.74, 6) is -0.417. The van der Waals surface area contributed by atoms with Gasteiger partial charge in [0.25, 0.3) is 0 Å². The van der Waals surface area contributed by atoms with Gasteiger partial charge in [-0.25, -0.2) is 9.37 Å². The van der Waals surface area contributed by atoms with Crippen molar-refractivity contribution in [3.8, 4) is 0 Å². The highest BCUT2D eigenvalue weighted by molar-refractivity contribution is 6.71. The molecule has 0 saturated heterocycles. The molecule has 0 amide bonds. The number of carbonyl (C=O) groups is 1. The van der Waals surface area contributed by atoms with E-state index < -0.39 is 32.1 Å². The van der Waals surface area contributed by atoms with E-state index in [0.717, 1.165) is 5.38 Å². The molecule has 106 valence electrons. The van der Waals surface area contributed by atoms with Gasteiger partial charge in [0.05, 0.1) is 20.5 Å². The molecule has 4 nitrogen and oxygen atoms in total. The maximum atomic E-state index is 11.9. The molecule has 0 atom stereocenters. The summed E-state index contributed by atoms with van der Waals surface area (Å²) in [6.07, 6.45) is 0. The summed E-state index contributed by atoms with van der Waals surface area (Å²) in [4.78, 5) is 16.7. The van der Waals surface area contributed by atoms with Crippen LogP contribution in [0.1, 0.15) is 6.92 Å². The first-order valence-corrected chi connectivity index (χ1v) is 15.2. The van der Waals surface area contributed by atoms with E-state index in [0.29, 0.717) is 5.57 Å². The second kappa shape index (κ2) is 6.69. The van der Waals surface area contributed by atoms with E-state index >= 15 is 0 Å². The van der Waals surface area contributed by atoms with E-state index in [4.69, 9.17) is 13.9 Å². The average Bonchev–Trinajstić information content (AvgIpc) is 2.19. The van der Waals surface area contributed by atoms with Crippen LogP contribution in [0.4, 0.5) is 0 Å². The van der Waals surface area contributed by atoms with Crippen LogP contribution in [0.3, 0.4) is 0 Å². The lowest BCUT2D eigenvalue weighted by Crippen LogP contribution is -2.30. The summed E-state index contributed by atoms with van der Waals surface area (Å²) in [6, 6.07) is 0. The SMILES string of the molecule is C[SiH2]C(O[Si](C)(C)C)=C(C)C(=O)OO[Si](C)(C)C. The largest absolute Gasteiger partial charge is 0.551 e. The van der Waals surface area contributed by atoms with E-state index in [1.54, 1.807) is 6.92 Å². The normalized spacial score (nSPS) is 14.7. The first-order valence-electron chi connectivity index (χ1n) is 6.25. The maximum absolute atomic E-state index is 11.9. The van der Waals surface area contributed by atoms with E-state index in [-0.39, 0.29) is 0 Å². The summed E-state index contributed by atoms with van der Waals surface area (Å²) in [5, 5.41) is 0.846. The highest BCUT2D eigenvalue weighted by Gasteiger charge is 2.23. The summed E-state index contributed by atoms with van der Waals surface area (Å²) < 4.78 is 11.1. The third kappa shape index (κ3) is 7.85. The minimum Gasteiger partial charge on any atom is -0.551 e. The molecule has 0 aromatic carbocycles. The molecule has 0 aliphatic carbocycles. The van der Waals surface area contributed by atoms with Crippen molar-refractivity contribution in [3.05, 3.63) is 11.0 Å². The summed E-state index contributed by atoms with van der Waals surface area (Å²) in [6.45, 7) is 16.1. The van der Waals surface area contributed by atoms with Gasteiger partial charge in [-0.05, 0) is 46.2 Å². The Kier molecular flexibility index (Phi) is 6.55. The van der Waals surface area contributed by atoms with Crippen LogP contribution in [0.25, 0.3) is 0 Å². The summed E-state index contributed by atoms with van der Waals surface area (Å²) >= 11 is 0. The predicted octanol–water partition coefficient (Wildman–Crippen LogP) is 2.60. The number of hydrogen-bond donors (Lipinski definition) is 0. The van der Waals surface area contributed by atoms with Crippen molar-refractivity contribution in [2.24, 2.45) is 0 Å². The molecule has 0 aliphatic heterocycles. The van der Waals surface area contributed by atoms with E-state index in [1.807, 2.05) is 19.6 Å². The summed E-state index contributed by atoms with van der Waals surface area (Å²) in [7, 11) is -4.06. The van der Waals surface area contributed by atoms with Crippen LogP contribution in [0, 0.1) is 0 Å². The Bertz CT molecular complexity index is 326. The lowest BCUT2D eigenvalue weighted by molar-refractivity contribution is -0.214. The fourth-order valence-electron chi connectivity index (χ4n) is 1.12. The van der Waals surface area contributed by atoms with Crippen LogP contribution in [0.15, 0.2) is 11.0 Å². The van der Waals surface area contributed by atoms with Crippen molar-refractivity contribution in [2.45, 2.75) is 52.8 Å². The van der Waals surface area contributed by atoms with E-state index in [1.165, 1.54) is 0 Å². The van der Waals surface area contributed by atoms with Gasteiger partial charge in [0.2, 0.25) is 16.6 Å². The third-order valence-corrected chi connectivity index (χ3v) is 4.89. The second-order valence-electron chi connectivity index (χ2n) is 6.18. The predicted molar refractivity (Wildman–Crippen MR) is 82.1 cm³/mol. The van der Waals surface area contributed by atoms with Crippen molar-refractivity contribution in [1.82, 2.24) is 0 Å². The Morgan fingerprint density at radius 2 is 1.50 bits per heavy atom. The molecule has 0 aromatic heterocycles. The van der Waals surface area contributed by atoms with Gasteiger partial charge in [-0.3, -0.25) is 0 Å². The number of rotatable bonds is 6. The zero-order valence-corrected chi connectivity index (χ0v) is 16.3. The molecule has 0 fully saturated rings. The van der Waals surface area contributed by atoms with Crippen LogP contribution < -0.4 is 0 Å². The molecule has 0 aromatic rings. The maximum Gasteiger partial charge on any atom is 0.370 e. The molecule has 0 aliphatic rings. The third-order valence-electron chi connectivity index (χ3n) is 1.84. The molecule has 0 unspecified atom stereocenters. The molecule has 0 spiro atoms. The summed E-state index contributed by atoms with van der Waals surface area (Å²) in [5.41, 5.74) is 0.560. The van der Waals surface area contributed by atoms with E-state index in [9.17, 15) is 4.79 Å². The zero-order chi connectivity index (χ0) is 14.6. The Balaban J connectivity index is 4.74. The quantitative estimate of drug-likeness (QED) is 0.249. The highest BCUT2D eigenvalue weighted by Crippen LogP contribution is 2.15. The monoisotopic (exact) mass is 306 g/mol. The van der Waals surface area contributed by atoms with Crippen molar-refractivity contribution in [2.75, 3.05) is 0 Å². The molecule has 0 heterocycles. The molecular weight excluding hydrogens is 280 g/mol. The number of hydrogen-bond acceptors (Lipinski definition) is 4. The molecule has 7 heteroatoms. The van der Waals surface area contributed by atoms with Gasteiger partial charge in [-0.1, -0.05) is 6.55 Å². The fourth-order valence-corrected chi connectivity index (χ4v) is 4.89. The van der Waals surface area contributed by atoms with Crippen LogP contribution in [-0.2, 0) is 18.7 Å². The Hall–Kier alpha value is -0.379. The van der Waals surface area contributed by atoms with Gasteiger partial charge in [0.15, 0.2) is 0 Å². The topological polar surface area (TPSA) is 44.8 Å². The van der Waals surface area contributed by atoms with Crippen LogP contribution in [0.5, 0.6) is 0 Å². The fraction of sp³-hybridized carbons (Fsp3) is 0.727. The van der Waals surface area contributed by atoms with Crippen LogP contribution in [0.2, 0.25) is 45.8 Å². The molecule has 0 N–H and O–H groups in total. The molecular formula is C11H26O4Si3. The van der Waals surface area contributed by atoms with Crippen molar-refractivity contribution < 1.29 is 18.7 Å². The smallest absolute Gasteiger partial charge is 0.370 e. The van der Waals surface area contributed by atoms with Crippen LogP contribution >= 0.6 is 0 Å². The molecule has 18 heavy (non-hydrogen) atoms. The van der Waals surface area contributed by atoms with Gasteiger partial charge in [0, 0.05) is 0 Å². The lowest BCUT2D eigenvalue weighted by atomic mass is 10.3. The van der Waals surface area contributed by atoms with Crippen molar-refractivity contribution in [1.29, 1.82) is 0 Å². The Labute approximate surface area is 115 Å². The van der Waals surface area contributed by atoms with Gasteiger partial charge < -0.3 is 9.31 Å². The average molecular weight is 307 g/mol.